The van der Waals surface area contributed by atoms with Crippen molar-refractivity contribution in [2.45, 2.75) is 0 Å². The molecule has 0 atom stereocenters. The molecule has 0 amide bonds. The maximum atomic E-state index is 11.4. The second-order valence-electron chi connectivity index (χ2n) is 5.00. The summed E-state index contributed by atoms with van der Waals surface area (Å²) in [6.45, 7) is 0. The Bertz CT molecular complexity index is 946. The lowest BCUT2D eigenvalue weighted by Crippen LogP contribution is -1.99. The van der Waals surface area contributed by atoms with Gasteiger partial charge in [0.2, 0.25) is 0 Å². The van der Waals surface area contributed by atoms with Crippen LogP contribution in [0.3, 0.4) is 0 Å². The van der Waals surface area contributed by atoms with Crippen LogP contribution in [0.15, 0.2) is 36.4 Å². The van der Waals surface area contributed by atoms with E-state index >= 15 is 0 Å². The molecule has 26 heavy (non-hydrogen) atoms. The van der Waals surface area contributed by atoms with E-state index < -0.39 is 9.85 Å². The van der Waals surface area contributed by atoms with Gasteiger partial charge in [-0.3, -0.25) is 20.2 Å². The van der Waals surface area contributed by atoms with Crippen LogP contribution in [0.2, 0.25) is 0 Å². The molecule has 0 saturated carbocycles. The summed E-state index contributed by atoms with van der Waals surface area (Å²) in [6, 6.07) is 9.96. The number of non-ortho nitro benzene ring substituents is 1. The third kappa shape index (κ3) is 3.76. The summed E-state index contributed by atoms with van der Waals surface area (Å²) in [7, 11) is 2.70. The number of nitro benzene ring substituents is 2. The van der Waals surface area contributed by atoms with Crippen molar-refractivity contribution in [1.82, 2.24) is 0 Å². The second kappa shape index (κ2) is 7.76. The van der Waals surface area contributed by atoms with E-state index in [2.05, 4.69) is 0 Å². The molecule has 2 aromatic carbocycles. The Morgan fingerprint density at radius 3 is 2.27 bits per heavy atom. The number of benzene rings is 2. The quantitative estimate of drug-likeness (QED) is 0.335. The molecule has 0 aliphatic carbocycles. The molecule has 9 heteroatoms. The largest absolute Gasteiger partial charge is 0.493 e. The minimum absolute atomic E-state index is 0.0154. The van der Waals surface area contributed by atoms with Gasteiger partial charge in [-0.2, -0.15) is 5.26 Å². The lowest BCUT2D eigenvalue weighted by molar-refractivity contribution is -0.385. The Morgan fingerprint density at radius 2 is 1.73 bits per heavy atom. The van der Waals surface area contributed by atoms with Crippen LogP contribution in [0, 0.1) is 31.6 Å². The van der Waals surface area contributed by atoms with Crippen molar-refractivity contribution in [3.63, 3.8) is 0 Å². The van der Waals surface area contributed by atoms with E-state index in [9.17, 15) is 25.5 Å². The first-order chi connectivity index (χ1) is 12.4. The van der Waals surface area contributed by atoms with E-state index in [-0.39, 0.29) is 34.0 Å². The highest BCUT2D eigenvalue weighted by molar-refractivity contribution is 5.93. The van der Waals surface area contributed by atoms with Gasteiger partial charge in [0.15, 0.2) is 11.5 Å². The van der Waals surface area contributed by atoms with E-state index in [1.54, 1.807) is 6.07 Å². The summed E-state index contributed by atoms with van der Waals surface area (Å²) in [5, 5.41) is 31.7. The van der Waals surface area contributed by atoms with Gasteiger partial charge < -0.3 is 9.47 Å². The number of nitro groups is 2. The molecule has 9 nitrogen and oxygen atoms in total. The Morgan fingerprint density at radius 1 is 1.08 bits per heavy atom. The zero-order valence-electron chi connectivity index (χ0n) is 13.8. The topological polar surface area (TPSA) is 129 Å². The maximum absolute atomic E-state index is 11.4. The number of nitrogens with zero attached hydrogens (tertiary/aromatic N) is 3. The molecule has 0 aliphatic rings. The Hall–Kier alpha value is -3.93. The van der Waals surface area contributed by atoms with Gasteiger partial charge >= 0.3 is 0 Å². The van der Waals surface area contributed by atoms with Crippen molar-refractivity contribution >= 4 is 23.0 Å². The molecule has 0 spiro atoms. The molecule has 0 fully saturated rings. The zero-order chi connectivity index (χ0) is 19.3. The van der Waals surface area contributed by atoms with Gasteiger partial charge in [-0.05, 0) is 17.7 Å². The van der Waals surface area contributed by atoms with Gasteiger partial charge in [0.05, 0.1) is 41.3 Å². The van der Waals surface area contributed by atoms with E-state index in [1.807, 2.05) is 6.07 Å². The van der Waals surface area contributed by atoms with Crippen LogP contribution in [0.25, 0.3) is 11.6 Å². The van der Waals surface area contributed by atoms with Gasteiger partial charge in [-0.1, -0.05) is 12.1 Å². The molecule has 2 aromatic rings. The normalized spacial score (nSPS) is 10.7. The summed E-state index contributed by atoms with van der Waals surface area (Å²) in [5.74, 6) is 0.365. The Balaban J connectivity index is 2.66. The van der Waals surface area contributed by atoms with Crippen molar-refractivity contribution in [3.05, 3.63) is 67.8 Å². The van der Waals surface area contributed by atoms with Gasteiger partial charge in [0, 0.05) is 12.1 Å². The number of hydrogen-bond acceptors (Lipinski definition) is 7. The maximum Gasteiger partial charge on any atom is 0.281 e. The van der Waals surface area contributed by atoms with Gasteiger partial charge in [-0.15, -0.1) is 0 Å². The fraction of sp³-hybridized carbons (Fsp3) is 0.118. The number of hydrogen-bond donors (Lipinski definition) is 0. The molecule has 2 rings (SSSR count). The fourth-order valence-corrected chi connectivity index (χ4v) is 2.30. The molecule has 0 N–H and O–H groups in total. The van der Waals surface area contributed by atoms with Gasteiger partial charge in [0.1, 0.15) is 6.07 Å². The SMILES string of the molecule is COc1cc(C(C#N)=Cc2cccc([N+](=O)[O-])c2)c([N+](=O)[O-])cc1OC. The minimum Gasteiger partial charge on any atom is -0.493 e. The number of ether oxygens (including phenoxy) is 2. The number of methoxy groups -OCH3 is 2. The van der Waals surface area contributed by atoms with Crippen molar-refractivity contribution < 1.29 is 19.3 Å². The summed E-state index contributed by atoms with van der Waals surface area (Å²) >= 11 is 0. The van der Waals surface area contributed by atoms with Gasteiger partial charge in [-0.25, -0.2) is 0 Å². The predicted octanol–water partition coefficient (Wildman–Crippen LogP) is 3.58. The number of nitriles is 1. The highest BCUT2D eigenvalue weighted by Gasteiger charge is 2.22. The van der Waals surface area contributed by atoms with Crippen LogP contribution in [-0.4, -0.2) is 24.1 Å². The van der Waals surface area contributed by atoms with Crippen molar-refractivity contribution in [2.75, 3.05) is 14.2 Å². The third-order valence-corrected chi connectivity index (χ3v) is 3.50. The third-order valence-electron chi connectivity index (χ3n) is 3.50. The van der Waals surface area contributed by atoms with E-state index in [0.29, 0.717) is 5.56 Å². The van der Waals surface area contributed by atoms with Crippen LogP contribution >= 0.6 is 0 Å². The zero-order valence-corrected chi connectivity index (χ0v) is 13.8. The average Bonchev–Trinajstić information content (AvgIpc) is 2.65. The molecular weight excluding hydrogens is 342 g/mol. The first-order valence-electron chi connectivity index (χ1n) is 7.18. The summed E-state index contributed by atoms with van der Waals surface area (Å²) in [6.07, 6.45) is 1.33. The molecule has 0 saturated heterocycles. The lowest BCUT2D eigenvalue weighted by Gasteiger charge is -2.10. The molecule has 0 unspecified atom stereocenters. The van der Waals surface area contributed by atoms with Gasteiger partial charge in [0.25, 0.3) is 11.4 Å². The number of rotatable bonds is 6. The molecule has 0 radical (unpaired) electrons. The van der Waals surface area contributed by atoms with Crippen molar-refractivity contribution in [3.8, 4) is 17.6 Å². The number of allylic oxidation sites excluding steroid dienone is 1. The summed E-state index contributed by atoms with van der Waals surface area (Å²) < 4.78 is 10.2. The fourth-order valence-electron chi connectivity index (χ4n) is 2.30. The molecule has 0 aromatic heterocycles. The first kappa shape index (κ1) is 18.4. The van der Waals surface area contributed by atoms with E-state index in [1.165, 1.54) is 44.6 Å². The monoisotopic (exact) mass is 355 g/mol. The van der Waals surface area contributed by atoms with E-state index in [0.717, 1.165) is 6.07 Å². The van der Waals surface area contributed by atoms with Crippen LogP contribution < -0.4 is 9.47 Å². The summed E-state index contributed by atoms with van der Waals surface area (Å²) in [4.78, 5) is 21.1. The lowest BCUT2D eigenvalue weighted by atomic mass is 10.0. The molecule has 0 aliphatic heterocycles. The van der Waals surface area contributed by atoms with E-state index in [4.69, 9.17) is 9.47 Å². The first-order valence-corrected chi connectivity index (χ1v) is 7.18. The van der Waals surface area contributed by atoms with Crippen molar-refractivity contribution in [1.29, 1.82) is 5.26 Å². The molecule has 0 heterocycles. The highest BCUT2D eigenvalue weighted by Crippen LogP contribution is 2.38. The second-order valence-corrected chi connectivity index (χ2v) is 5.00. The average molecular weight is 355 g/mol. The van der Waals surface area contributed by atoms with Crippen LogP contribution in [-0.2, 0) is 0 Å². The minimum atomic E-state index is -0.643. The highest BCUT2D eigenvalue weighted by atomic mass is 16.6. The molecule has 0 bridgehead atoms. The summed E-state index contributed by atoms with van der Waals surface area (Å²) in [5.41, 5.74) is -0.168. The molecular formula is C17H13N3O6. The Kier molecular flexibility index (Phi) is 5.49. The van der Waals surface area contributed by atoms with Crippen LogP contribution in [0.5, 0.6) is 11.5 Å². The van der Waals surface area contributed by atoms with Crippen LogP contribution in [0.1, 0.15) is 11.1 Å². The molecule has 132 valence electrons. The predicted molar refractivity (Wildman–Crippen MR) is 92.8 cm³/mol. The van der Waals surface area contributed by atoms with Crippen molar-refractivity contribution in [2.24, 2.45) is 0 Å². The Labute approximate surface area is 148 Å². The standard InChI is InChI=1S/C17H13N3O6/c1-25-16-8-14(15(20(23)24)9-17(16)26-2)12(10-18)6-11-4-3-5-13(7-11)19(21)22/h3-9H,1-2H3. The van der Waals surface area contributed by atoms with Crippen LogP contribution in [0.4, 0.5) is 11.4 Å². The smallest absolute Gasteiger partial charge is 0.281 e.